The fourth-order valence-electron chi connectivity index (χ4n) is 1.73. The molecule has 94 valence electrons. The first-order valence-corrected chi connectivity index (χ1v) is 6.80. The van der Waals surface area contributed by atoms with E-state index in [1.807, 2.05) is 19.1 Å². The molecule has 0 spiro atoms. The molecule has 1 heterocycles. The molecular weight excluding hydrogens is 317 g/mol. The third kappa shape index (κ3) is 3.09. The van der Waals surface area contributed by atoms with E-state index < -0.39 is 0 Å². The van der Waals surface area contributed by atoms with Crippen LogP contribution in [0.25, 0.3) is 0 Å². The van der Waals surface area contributed by atoms with Gasteiger partial charge in [-0.05, 0) is 52.2 Å². The van der Waals surface area contributed by atoms with Gasteiger partial charge in [0.05, 0.1) is 9.85 Å². The molecule has 4 heteroatoms. The number of benzene rings is 1. The fraction of sp³-hybridized carbons (Fsp3) is 0.214. The number of alkyl halides is 1. The summed E-state index contributed by atoms with van der Waals surface area (Å²) in [5, 5.41) is -0.213. The van der Waals surface area contributed by atoms with Gasteiger partial charge in [-0.2, -0.15) is 0 Å². The van der Waals surface area contributed by atoms with E-state index in [0.717, 1.165) is 16.8 Å². The van der Waals surface area contributed by atoms with Crippen LogP contribution in [0.4, 0.5) is 4.39 Å². The van der Waals surface area contributed by atoms with Crippen LogP contribution in [0.5, 0.6) is 0 Å². The van der Waals surface area contributed by atoms with E-state index in [-0.39, 0.29) is 11.2 Å². The lowest BCUT2D eigenvalue weighted by molar-refractivity contribution is 0.620. The van der Waals surface area contributed by atoms with Crippen LogP contribution in [0.15, 0.2) is 41.0 Å². The van der Waals surface area contributed by atoms with E-state index in [2.05, 4.69) is 20.9 Å². The zero-order valence-corrected chi connectivity index (χ0v) is 12.2. The Morgan fingerprint density at radius 1 is 1.39 bits per heavy atom. The Kier molecular flexibility index (Phi) is 4.36. The standard InChI is InChI=1S/C14H12BrClFN/c1-9-3-2-6-18-14(9)8-12(16)10-4-5-13(17)11(15)7-10/h2-7,12H,8H2,1H3. The zero-order valence-electron chi connectivity index (χ0n) is 9.83. The molecule has 2 rings (SSSR count). The first-order valence-electron chi connectivity index (χ1n) is 5.57. The van der Waals surface area contributed by atoms with E-state index in [4.69, 9.17) is 11.6 Å². The van der Waals surface area contributed by atoms with Crippen molar-refractivity contribution in [3.8, 4) is 0 Å². The van der Waals surface area contributed by atoms with Crippen LogP contribution in [-0.2, 0) is 6.42 Å². The molecule has 0 aliphatic heterocycles. The Balaban J connectivity index is 2.19. The Labute approximate surface area is 119 Å². The lowest BCUT2D eigenvalue weighted by atomic mass is 10.0. The molecule has 0 aliphatic rings. The van der Waals surface area contributed by atoms with Gasteiger partial charge in [-0.15, -0.1) is 11.6 Å². The number of aryl methyl sites for hydroxylation is 1. The molecule has 0 aliphatic carbocycles. The molecule has 0 saturated heterocycles. The normalized spacial score (nSPS) is 12.4. The molecular formula is C14H12BrClFN. The maximum atomic E-state index is 13.2. The van der Waals surface area contributed by atoms with Gasteiger partial charge in [0, 0.05) is 18.3 Å². The smallest absolute Gasteiger partial charge is 0.137 e. The molecule has 1 aromatic carbocycles. The monoisotopic (exact) mass is 327 g/mol. The number of aromatic nitrogens is 1. The van der Waals surface area contributed by atoms with Crippen molar-refractivity contribution >= 4 is 27.5 Å². The summed E-state index contributed by atoms with van der Waals surface area (Å²) in [4.78, 5) is 4.31. The Morgan fingerprint density at radius 3 is 2.83 bits per heavy atom. The van der Waals surface area contributed by atoms with Gasteiger partial charge in [-0.3, -0.25) is 4.98 Å². The molecule has 1 atom stereocenters. The van der Waals surface area contributed by atoms with Gasteiger partial charge in [0.15, 0.2) is 0 Å². The quantitative estimate of drug-likeness (QED) is 0.737. The van der Waals surface area contributed by atoms with Crippen LogP contribution < -0.4 is 0 Å². The van der Waals surface area contributed by atoms with Gasteiger partial charge in [0.2, 0.25) is 0 Å². The molecule has 1 aromatic heterocycles. The number of nitrogens with zero attached hydrogens (tertiary/aromatic N) is 1. The van der Waals surface area contributed by atoms with Crippen LogP contribution in [0.1, 0.15) is 22.2 Å². The Bertz CT molecular complexity index is 559. The number of pyridine rings is 1. The number of rotatable bonds is 3. The maximum absolute atomic E-state index is 13.2. The van der Waals surface area contributed by atoms with E-state index in [0.29, 0.717) is 10.9 Å². The van der Waals surface area contributed by atoms with Crippen LogP contribution in [0.2, 0.25) is 0 Å². The Hall–Kier alpha value is -0.930. The van der Waals surface area contributed by atoms with Gasteiger partial charge in [-0.25, -0.2) is 4.39 Å². The van der Waals surface area contributed by atoms with Crippen LogP contribution in [-0.4, -0.2) is 4.98 Å². The molecule has 0 fully saturated rings. The summed E-state index contributed by atoms with van der Waals surface area (Å²) in [6, 6.07) is 8.74. The van der Waals surface area contributed by atoms with Crippen molar-refractivity contribution in [2.24, 2.45) is 0 Å². The van der Waals surface area contributed by atoms with Crippen molar-refractivity contribution < 1.29 is 4.39 Å². The predicted molar refractivity (Wildman–Crippen MR) is 75.4 cm³/mol. The largest absolute Gasteiger partial charge is 0.261 e. The highest BCUT2D eigenvalue weighted by Crippen LogP contribution is 2.28. The highest BCUT2D eigenvalue weighted by molar-refractivity contribution is 9.10. The van der Waals surface area contributed by atoms with Gasteiger partial charge in [0.1, 0.15) is 5.82 Å². The first-order chi connectivity index (χ1) is 8.58. The average molecular weight is 329 g/mol. The van der Waals surface area contributed by atoms with Gasteiger partial charge >= 0.3 is 0 Å². The van der Waals surface area contributed by atoms with Crippen molar-refractivity contribution in [2.45, 2.75) is 18.7 Å². The number of halogens is 3. The lowest BCUT2D eigenvalue weighted by Crippen LogP contribution is -2.00. The minimum atomic E-state index is -0.281. The maximum Gasteiger partial charge on any atom is 0.137 e. The van der Waals surface area contributed by atoms with Crippen molar-refractivity contribution in [3.63, 3.8) is 0 Å². The van der Waals surface area contributed by atoms with E-state index in [1.54, 1.807) is 18.3 Å². The van der Waals surface area contributed by atoms with Gasteiger partial charge in [0.25, 0.3) is 0 Å². The van der Waals surface area contributed by atoms with E-state index in [1.165, 1.54) is 6.07 Å². The lowest BCUT2D eigenvalue weighted by Gasteiger charge is -2.11. The summed E-state index contributed by atoms with van der Waals surface area (Å²) in [7, 11) is 0. The third-order valence-corrected chi connectivity index (χ3v) is 3.81. The first kappa shape index (κ1) is 13.5. The number of hydrogen-bond donors (Lipinski definition) is 0. The van der Waals surface area contributed by atoms with E-state index in [9.17, 15) is 4.39 Å². The molecule has 0 amide bonds. The van der Waals surface area contributed by atoms with Crippen LogP contribution in [0.3, 0.4) is 0 Å². The molecule has 1 unspecified atom stereocenters. The van der Waals surface area contributed by atoms with Gasteiger partial charge < -0.3 is 0 Å². The minimum absolute atomic E-state index is 0.213. The molecule has 0 radical (unpaired) electrons. The van der Waals surface area contributed by atoms with Crippen molar-refractivity contribution in [1.82, 2.24) is 4.98 Å². The molecule has 0 saturated carbocycles. The van der Waals surface area contributed by atoms with Crippen molar-refractivity contribution in [2.75, 3.05) is 0 Å². The Morgan fingerprint density at radius 2 is 2.17 bits per heavy atom. The number of hydrogen-bond acceptors (Lipinski definition) is 1. The molecule has 2 aromatic rings. The summed E-state index contributed by atoms with van der Waals surface area (Å²) in [5.41, 5.74) is 2.97. The van der Waals surface area contributed by atoms with Crippen molar-refractivity contribution in [1.29, 1.82) is 0 Å². The average Bonchev–Trinajstić information content (AvgIpc) is 2.35. The molecule has 1 nitrogen and oxygen atoms in total. The van der Waals surface area contributed by atoms with Gasteiger partial charge in [-0.1, -0.05) is 12.1 Å². The summed E-state index contributed by atoms with van der Waals surface area (Å²) in [6.45, 7) is 2.01. The highest BCUT2D eigenvalue weighted by Gasteiger charge is 2.12. The fourth-order valence-corrected chi connectivity index (χ4v) is 2.41. The minimum Gasteiger partial charge on any atom is -0.261 e. The second-order valence-electron chi connectivity index (χ2n) is 4.11. The van der Waals surface area contributed by atoms with Crippen LogP contribution in [0, 0.1) is 12.7 Å². The molecule has 18 heavy (non-hydrogen) atoms. The topological polar surface area (TPSA) is 12.9 Å². The summed E-state index contributed by atoms with van der Waals surface area (Å²) < 4.78 is 13.6. The third-order valence-electron chi connectivity index (χ3n) is 2.80. The second-order valence-corrected chi connectivity index (χ2v) is 5.49. The molecule has 0 bridgehead atoms. The van der Waals surface area contributed by atoms with E-state index >= 15 is 0 Å². The second kappa shape index (κ2) is 5.81. The summed E-state index contributed by atoms with van der Waals surface area (Å²) >= 11 is 9.52. The molecule has 0 N–H and O–H groups in total. The van der Waals surface area contributed by atoms with Crippen LogP contribution >= 0.6 is 27.5 Å². The highest BCUT2D eigenvalue weighted by atomic mass is 79.9. The zero-order chi connectivity index (χ0) is 13.1. The summed E-state index contributed by atoms with van der Waals surface area (Å²) in [5.74, 6) is -0.281. The summed E-state index contributed by atoms with van der Waals surface area (Å²) in [6.07, 6.45) is 2.39. The predicted octanol–water partition coefficient (Wildman–Crippen LogP) is 4.81. The SMILES string of the molecule is Cc1cccnc1CC(Cl)c1ccc(F)c(Br)c1. The van der Waals surface area contributed by atoms with Crippen molar-refractivity contribution in [3.05, 3.63) is 63.6 Å².